The number of anilines is 1. The van der Waals surface area contributed by atoms with Crippen molar-refractivity contribution in [2.24, 2.45) is 0 Å². The average molecular weight is 366 g/mol. The molecule has 0 radical (unpaired) electrons. The largest absolute Gasteiger partial charge is 0.328 e. The molecule has 26 heavy (non-hydrogen) atoms. The van der Waals surface area contributed by atoms with Crippen molar-refractivity contribution in [3.8, 4) is 6.07 Å². The molecule has 0 aliphatic carbocycles. The van der Waals surface area contributed by atoms with Crippen LogP contribution >= 0.6 is 11.8 Å². The van der Waals surface area contributed by atoms with Gasteiger partial charge in [-0.05, 0) is 43.3 Å². The molecular weight excluding hydrogens is 348 g/mol. The highest BCUT2D eigenvalue weighted by Gasteiger charge is 2.33. The van der Waals surface area contributed by atoms with E-state index in [9.17, 15) is 9.59 Å². The van der Waals surface area contributed by atoms with Gasteiger partial charge >= 0.3 is 0 Å². The van der Waals surface area contributed by atoms with Crippen LogP contribution in [0.5, 0.6) is 0 Å². The molecule has 0 unspecified atom stereocenters. The highest BCUT2D eigenvalue weighted by atomic mass is 32.2. The normalized spacial score (nSPS) is 17.1. The number of carbonyl (C=O) groups excluding carboxylic acids is 2. The molecule has 132 valence electrons. The lowest BCUT2D eigenvalue weighted by Gasteiger charge is -2.39. The summed E-state index contributed by atoms with van der Waals surface area (Å²) < 4.78 is 0. The summed E-state index contributed by atoms with van der Waals surface area (Å²) in [4.78, 5) is 33.3. The van der Waals surface area contributed by atoms with Crippen molar-refractivity contribution < 1.29 is 9.59 Å². The molecule has 1 aromatic carbocycles. The quantitative estimate of drug-likeness (QED) is 0.776. The number of hydrogen-bond acceptors (Lipinski definition) is 5. The molecule has 1 aliphatic rings. The van der Waals surface area contributed by atoms with Crippen LogP contribution in [0, 0.1) is 11.3 Å². The molecule has 0 bridgehead atoms. The number of rotatable bonds is 4. The van der Waals surface area contributed by atoms with E-state index in [2.05, 4.69) is 11.1 Å². The number of nitrogens with zero attached hydrogens (tertiary/aromatic N) is 4. The van der Waals surface area contributed by atoms with Crippen molar-refractivity contribution in [2.45, 2.75) is 17.9 Å². The first-order valence-corrected chi connectivity index (χ1v) is 9.20. The zero-order valence-electron chi connectivity index (χ0n) is 14.3. The molecule has 1 saturated heterocycles. The molecule has 0 spiro atoms. The second-order valence-electron chi connectivity index (χ2n) is 6.01. The summed E-state index contributed by atoms with van der Waals surface area (Å²) in [6.45, 7) is 2.45. The van der Waals surface area contributed by atoms with Crippen LogP contribution < -0.4 is 4.90 Å². The summed E-state index contributed by atoms with van der Waals surface area (Å²) in [5.74, 6) is 0.126. The van der Waals surface area contributed by atoms with Crippen LogP contribution in [0.1, 0.15) is 12.5 Å². The molecule has 0 saturated carbocycles. The van der Waals surface area contributed by atoms with Crippen LogP contribution in [-0.4, -0.2) is 46.6 Å². The van der Waals surface area contributed by atoms with E-state index in [1.807, 2.05) is 19.1 Å². The standard InChI is InChI=1S/C19H18N4O2S/c1-14-11-23(16-4-2-15(10-20)3-5-16)18(24)12-22(14)19(25)13-26-17-6-8-21-9-7-17/h2-9,14H,11-13H2,1H3/t14-/m0/s1. The Balaban J connectivity index is 1.63. The van der Waals surface area contributed by atoms with Gasteiger partial charge in [0.2, 0.25) is 11.8 Å². The third-order valence-corrected chi connectivity index (χ3v) is 5.22. The predicted molar refractivity (Wildman–Crippen MR) is 99.6 cm³/mol. The molecule has 1 fully saturated rings. The molecule has 1 aliphatic heterocycles. The van der Waals surface area contributed by atoms with Crippen LogP contribution in [0.4, 0.5) is 5.69 Å². The summed E-state index contributed by atoms with van der Waals surface area (Å²) in [7, 11) is 0. The molecule has 2 amide bonds. The third kappa shape index (κ3) is 4.03. The number of nitriles is 1. The maximum absolute atomic E-state index is 12.5. The topological polar surface area (TPSA) is 77.3 Å². The van der Waals surface area contributed by atoms with Crippen molar-refractivity contribution in [1.82, 2.24) is 9.88 Å². The van der Waals surface area contributed by atoms with Crippen LogP contribution in [0.2, 0.25) is 0 Å². The Kier molecular flexibility index (Phi) is 5.54. The number of benzene rings is 1. The average Bonchev–Trinajstić information content (AvgIpc) is 2.68. The Labute approximate surface area is 156 Å². The first-order chi connectivity index (χ1) is 12.6. The molecule has 6 nitrogen and oxygen atoms in total. The fourth-order valence-electron chi connectivity index (χ4n) is 2.81. The summed E-state index contributed by atoms with van der Waals surface area (Å²) in [6.07, 6.45) is 3.38. The molecule has 3 rings (SSSR count). The summed E-state index contributed by atoms with van der Waals surface area (Å²) in [5, 5.41) is 8.88. The SMILES string of the molecule is C[C@H]1CN(c2ccc(C#N)cc2)C(=O)CN1C(=O)CSc1ccncc1. The Morgan fingerprint density at radius 3 is 2.62 bits per heavy atom. The minimum Gasteiger partial charge on any atom is -0.328 e. The van der Waals surface area contributed by atoms with Gasteiger partial charge in [0.15, 0.2) is 0 Å². The highest BCUT2D eigenvalue weighted by molar-refractivity contribution is 8.00. The Bertz CT molecular complexity index is 833. The molecule has 7 heteroatoms. The van der Waals surface area contributed by atoms with Gasteiger partial charge in [0.1, 0.15) is 6.54 Å². The maximum atomic E-state index is 12.5. The van der Waals surface area contributed by atoms with E-state index in [-0.39, 0.29) is 24.4 Å². The minimum atomic E-state index is -0.116. The van der Waals surface area contributed by atoms with Crippen molar-refractivity contribution in [3.05, 3.63) is 54.4 Å². The fraction of sp³-hybridized carbons (Fsp3) is 0.263. The fourth-order valence-corrected chi connectivity index (χ4v) is 3.58. The van der Waals surface area contributed by atoms with Crippen molar-refractivity contribution >= 4 is 29.3 Å². The smallest absolute Gasteiger partial charge is 0.246 e. The van der Waals surface area contributed by atoms with Gasteiger partial charge in [-0.15, -0.1) is 11.8 Å². The van der Waals surface area contributed by atoms with Gasteiger partial charge in [-0.2, -0.15) is 5.26 Å². The molecule has 1 aromatic heterocycles. The van der Waals surface area contributed by atoms with Gasteiger partial charge in [-0.25, -0.2) is 0 Å². The van der Waals surface area contributed by atoms with Gasteiger partial charge in [-0.3, -0.25) is 14.6 Å². The van der Waals surface area contributed by atoms with Crippen LogP contribution in [0.3, 0.4) is 0 Å². The molecule has 0 N–H and O–H groups in total. The van der Waals surface area contributed by atoms with Crippen molar-refractivity contribution in [2.75, 3.05) is 23.7 Å². The van der Waals surface area contributed by atoms with Crippen molar-refractivity contribution in [1.29, 1.82) is 5.26 Å². The molecule has 2 heterocycles. The van der Waals surface area contributed by atoms with Crippen LogP contribution in [-0.2, 0) is 9.59 Å². The van der Waals surface area contributed by atoms with Crippen molar-refractivity contribution in [3.63, 3.8) is 0 Å². The maximum Gasteiger partial charge on any atom is 0.246 e. The number of pyridine rings is 1. The zero-order chi connectivity index (χ0) is 18.5. The Morgan fingerprint density at radius 1 is 1.27 bits per heavy atom. The highest BCUT2D eigenvalue weighted by Crippen LogP contribution is 2.22. The second kappa shape index (κ2) is 8.02. The summed E-state index contributed by atoms with van der Waals surface area (Å²) in [5.41, 5.74) is 1.30. The summed E-state index contributed by atoms with van der Waals surface area (Å²) in [6, 6.07) is 12.6. The number of aromatic nitrogens is 1. The number of piperazine rings is 1. The molecule has 1 atom stereocenters. The first kappa shape index (κ1) is 18.0. The van der Waals surface area contributed by atoms with E-state index >= 15 is 0 Å². The number of carbonyl (C=O) groups is 2. The van der Waals surface area contributed by atoms with E-state index < -0.39 is 0 Å². The van der Waals surface area contributed by atoms with Gasteiger partial charge in [-0.1, -0.05) is 0 Å². The molecule has 2 aromatic rings. The number of thioether (sulfide) groups is 1. The van der Waals surface area contributed by atoms with Gasteiger partial charge in [0, 0.05) is 35.6 Å². The predicted octanol–water partition coefficient (Wildman–Crippen LogP) is 2.31. The van der Waals surface area contributed by atoms with Crippen LogP contribution in [0.25, 0.3) is 0 Å². The summed E-state index contributed by atoms with van der Waals surface area (Å²) >= 11 is 1.44. The number of hydrogen-bond donors (Lipinski definition) is 0. The van der Waals surface area contributed by atoms with E-state index in [1.165, 1.54) is 11.8 Å². The monoisotopic (exact) mass is 366 g/mol. The lowest BCUT2D eigenvalue weighted by atomic mass is 10.1. The lowest BCUT2D eigenvalue weighted by molar-refractivity contribution is -0.137. The Morgan fingerprint density at radius 2 is 1.96 bits per heavy atom. The van der Waals surface area contributed by atoms with Crippen LogP contribution in [0.15, 0.2) is 53.7 Å². The van der Waals surface area contributed by atoms with E-state index in [0.29, 0.717) is 17.9 Å². The Hall–Kier alpha value is -2.85. The van der Waals surface area contributed by atoms with E-state index in [0.717, 1.165) is 10.6 Å². The van der Waals surface area contributed by atoms with E-state index in [1.54, 1.807) is 46.5 Å². The van der Waals surface area contributed by atoms with Gasteiger partial charge in [0.25, 0.3) is 0 Å². The van der Waals surface area contributed by atoms with Gasteiger partial charge < -0.3 is 9.80 Å². The lowest BCUT2D eigenvalue weighted by Crippen LogP contribution is -2.57. The van der Waals surface area contributed by atoms with Gasteiger partial charge in [0.05, 0.1) is 17.4 Å². The number of amides is 2. The van der Waals surface area contributed by atoms with E-state index in [4.69, 9.17) is 5.26 Å². The minimum absolute atomic E-state index is 0.0489. The third-order valence-electron chi connectivity index (χ3n) is 4.23. The molecular formula is C19H18N4O2S. The first-order valence-electron chi connectivity index (χ1n) is 8.21. The zero-order valence-corrected chi connectivity index (χ0v) is 15.1. The second-order valence-corrected chi connectivity index (χ2v) is 7.05.